The third-order valence-corrected chi connectivity index (χ3v) is 8.89. The molecule has 0 saturated heterocycles. The Morgan fingerprint density at radius 1 is 0.925 bits per heavy atom. The Kier molecular flexibility index (Phi) is 17.4. The quantitative estimate of drug-likeness (QED) is 0.0712. The molecule has 0 aliphatic rings. The number of nitrogens with zero attached hydrogens (tertiary/aromatic N) is 4. The van der Waals surface area contributed by atoms with Crippen LogP contribution in [0.5, 0.6) is 0 Å². The molecule has 0 aliphatic carbocycles. The highest BCUT2D eigenvalue weighted by Crippen LogP contribution is 2.45. The number of hydrogen-bond donors (Lipinski definition) is 2. The van der Waals surface area contributed by atoms with Crippen molar-refractivity contribution < 1.29 is 23.4 Å². The summed E-state index contributed by atoms with van der Waals surface area (Å²) in [6, 6.07) is 0. The minimum atomic E-state index is -3.34. The predicted octanol–water partition coefficient (Wildman–Crippen LogP) is 7.43. The van der Waals surface area contributed by atoms with Crippen molar-refractivity contribution in [2.24, 2.45) is 0 Å². The van der Waals surface area contributed by atoms with Crippen molar-refractivity contribution in [3.05, 3.63) is 12.7 Å². The molecular weight excluding hydrogens is 549 g/mol. The summed E-state index contributed by atoms with van der Waals surface area (Å²) in [5.41, 5.74) is 6.99. The van der Waals surface area contributed by atoms with E-state index in [1.807, 2.05) is 6.92 Å². The number of rotatable bonds is 24. The highest BCUT2D eigenvalue weighted by Gasteiger charge is 2.29. The van der Waals surface area contributed by atoms with Gasteiger partial charge in [0.1, 0.15) is 18.2 Å². The van der Waals surface area contributed by atoms with Gasteiger partial charge in [-0.2, -0.15) is 0 Å². The van der Waals surface area contributed by atoms with Crippen LogP contribution >= 0.6 is 6.72 Å². The molecule has 10 nitrogen and oxygen atoms in total. The molecule has 2 heterocycles. The fourth-order valence-corrected chi connectivity index (χ4v) is 5.75. The molecule has 0 fully saturated rings. The number of hydrogen-bond acceptors (Lipinski definition) is 9. The Morgan fingerprint density at radius 2 is 1.50 bits per heavy atom. The molecule has 230 valence electrons. The molecule has 40 heavy (non-hydrogen) atoms. The van der Waals surface area contributed by atoms with Crippen molar-refractivity contribution in [3.63, 3.8) is 0 Å². The first-order valence-corrected chi connectivity index (χ1v) is 17.7. The first kappa shape index (κ1) is 35.0. The Hall–Kier alpha value is -1.20. The van der Waals surface area contributed by atoms with E-state index in [9.17, 15) is 4.89 Å². The molecule has 0 spiro atoms. The van der Waals surface area contributed by atoms with Gasteiger partial charge in [-0.15, -0.1) is 0 Å². The molecular formula is C28H52N5O5PS. The van der Waals surface area contributed by atoms with Crippen molar-refractivity contribution >= 4 is 35.5 Å². The van der Waals surface area contributed by atoms with Crippen LogP contribution in [0.3, 0.4) is 0 Å². The molecule has 2 aromatic heterocycles. The molecule has 0 radical (unpaired) electrons. The Morgan fingerprint density at radius 3 is 2.05 bits per heavy atom. The topological polar surface area (TPSA) is 127 Å². The minimum absolute atomic E-state index is 0.291. The van der Waals surface area contributed by atoms with E-state index in [4.69, 9.17) is 36.1 Å². The average molecular weight is 602 g/mol. The van der Waals surface area contributed by atoms with Crippen molar-refractivity contribution in [3.8, 4) is 0 Å². The summed E-state index contributed by atoms with van der Waals surface area (Å²) in [4.78, 5) is 22.9. The summed E-state index contributed by atoms with van der Waals surface area (Å²) in [7, 11) is 1.33. The second-order valence-corrected chi connectivity index (χ2v) is 13.3. The molecule has 0 aromatic carbocycles. The van der Waals surface area contributed by atoms with Gasteiger partial charge in [0.05, 0.1) is 18.8 Å². The zero-order chi connectivity index (χ0) is 29.2. The number of ether oxygens (including phenoxy) is 2. The second-order valence-electron chi connectivity index (χ2n) is 10.4. The van der Waals surface area contributed by atoms with E-state index in [0.29, 0.717) is 30.0 Å². The summed E-state index contributed by atoms with van der Waals surface area (Å²) in [5, 5.41) is 0. The van der Waals surface area contributed by atoms with Gasteiger partial charge in [0.2, 0.25) is 6.41 Å². The molecule has 0 amide bonds. The fraction of sp³-hybridized carbons (Fsp3) is 0.821. The monoisotopic (exact) mass is 601 g/mol. The van der Waals surface area contributed by atoms with Crippen molar-refractivity contribution in [2.45, 2.75) is 136 Å². The lowest BCUT2D eigenvalue weighted by atomic mass is 10.0. The van der Waals surface area contributed by atoms with Crippen LogP contribution in [0, 0.1) is 0 Å². The number of aromatic nitrogens is 4. The number of unbranched alkanes of at least 4 members (excludes halogenated alkanes) is 13. The van der Waals surface area contributed by atoms with Crippen LogP contribution in [0.4, 0.5) is 5.82 Å². The lowest BCUT2D eigenvalue weighted by molar-refractivity contribution is -0.229. The van der Waals surface area contributed by atoms with Crippen molar-refractivity contribution in [1.29, 1.82) is 0 Å². The van der Waals surface area contributed by atoms with E-state index in [2.05, 4.69) is 21.9 Å². The molecule has 0 bridgehead atoms. The first-order chi connectivity index (χ1) is 19.3. The molecule has 4 atom stereocenters. The third-order valence-electron chi connectivity index (χ3n) is 7.12. The summed E-state index contributed by atoms with van der Waals surface area (Å²) >= 11 is 5.02. The zero-order valence-corrected chi connectivity index (χ0v) is 26.7. The SMILES string of the molecule is CCCCCCCCCCCCCCCCO[C@@H](OC(CC)C(C)OP(O)(=S)OC)n1cnc2c(N)ncnc21. The number of fused-ring (bicyclic) bond motifs is 1. The van der Waals surface area contributed by atoms with Gasteiger partial charge in [-0.3, -0.25) is 4.57 Å². The maximum absolute atomic E-state index is 10.1. The van der Waals surface area contributed by atoms with Gasteiger partial charge in [-0.25, -0.2) is 15.0 Å². The summed E-state index contributed by atoms with van der Waals surface area (Å²) in [6.07, 6.45) is 20.0. The predicted molar refractivity (Wildman–Crippen MR) is 164 cm³/mol. The van der Waals surface area contributed by atoms with Gasteiger partial charge < -0.3 is 29.1 Å². The molecule has 12 heteroatoms. The number of anilines is 1. The largest absolute Gasteiger partial charge is 0.382 e. The Bertz CT molecular complexity index is 997. The first-order valence-electron chi connectivity index (χ1n) is 15.1. The van der Waals surface area contributed by atoms with E-state index in [1.54, 1.807) is 17.8 Å². The minimum Gasteiger partial charge on any atom is -0.382 e. The number of nitrogen functional groups attached to an aromatic ring is 1. The smallest absolute Gasteiger partial charge is 0.324 e. The molecule has 3 N–H and O–H groups in total. The number of imidazole rings is 1. The van der Waals surface area contributed by atoms with Crippen LogP contribution < -0.4 is 5.73 Å². The van der Waals surface area contributed by atoms with Gasteiger partial charge in [0.25, 0.3) is 0 Å². The molecule has 2 rings (SSSR count). The second kappa shape index (κ2) is 19.8. The van der Waals surface area contributed by atoms with Crippen LogP contribution in [0.25, 0.3) is 11.2 Å². The lowest BCUT2D eigenvalue weighted by Crippen LogP contribution is -2.32. The highest BCUT2D eigenvalue weighted by atomic mass is 32.5. The van der Waals surface area contributed by atoms with Gasteiger partial charge in [0.15, 0.2) is 11.5 Å². The highest BCUT2D eigenvalue weighted by molar-refractivity contribution is 8.07. The van der Waals surface area contributed by atoms with Gasteiger partial charge in [-0.05, 0) is 31.6 Å². The van der Waals surface area contributed by atoms with E-state index in [-0.39, 0.29) is 0 Å². The molecule has 2 aromatic rings. The Labute approximate surface area is 246 Å². The van der Waals surface area contributed by atoms with Gasteiger partial charge in [-0.1, -0.05) is 97.3 Å². The van der Waals surface area contributed by atoms with E-state index >= 15 is 0 Å². The average Bonchev–Trinajstić information content (AvgIpc) is 3.37. The van der Waals surface area contributed by atoms with Crippen LogP contribution in [-0.4, -0.2) is 50.3 Å². The van der Waals surface area contributed by atoms with Gasteiger partial charge >= 0.3 is 6.72 Å². The van der Waals surface area contributed by atoms with E-state index < -0.39 is 25.3 Å². The van der Waals surface area contributed by atoms with Gasteiger partial charge in [0, 0.05) is 7.11 Å². The summed E-state index contributed by atoms with van der Waals surface area (Å²) < 4.78 is 24.8. The van der Waals surface area contributed by atoms with Crippen LogP contribution in [0.15, 0.2) is 12.7 Å². The van der Waals surface area contributed by atoms with Crippen molar-refractivity contribution in [1.82, 2.24) is 19.5 Å². The lowest BCUT2D eigenvalue weighted by Gasteiger charge is -2.30. The maximum Gasteiger partial charge on any atom is 0.324 e. The standard InChI is InChI=1S/C28H52N5O5PS/c1-5-7-8-9-10-11-12-13-14-15-16-17-18-19-20-36-28(33-22-32-25-26(29)30-21-31-27(25)33)37-24(6-2)23(3)38-39(34,40)35-4/h21-24,28H,5-20H2,1-4H3,(H,34,40)(H2,29,30,31)/t23?,24?,28-,39?/m0/s1. The summed E-state index contributed by atoms with van der Waals surface area (Å²) in [6.45, 7) is 3.20. The third kappa shape index (κ3) is 12.8. The van der Waals surface area contributed by atoms with E-state index in [1.165, 1.54) is 90.5 Å². The molecule has 0 saturated carbocycles. The normalized spacial score (nSPS) is 15.7. The molecule has 3 unspecified atom stereocenters. The van der Waals surface area contributed by atoms with Crippen LogP contribution in [0.1, 0.15) is 123 Å². The zero-order valence-electron chi connectivity index (χ0n) is 25.0. The molecule has 0 aliphatic heterocycles. The fourth-order valence-electron chi connectivity index (χ4n) is 4.70. The van der Waals surface area contributed by atoms with Crippen molar-refractivity contribution in [2.75, 3.05) is 19.5 Å². The van der Waals surface area contributed by atoms with E-state index in [0.717, 1.165) is 12.8 Å². The number of nitrogens with two attached hydrogens (primary N) is 1. The van der Waals surface area contributed by atoms with Crippen LogP contribution in [0.2, 0.25) is 0 Å². The Balaban J connectivity index is 1.80. The maximum atomic E-state index is 10.1. The summed E-state index contributed by atoms with van der Waals surface area (Å²) in [5.74, 6) is 0.291. The van der Waals surface area contributed by atoms with Crippen LogP contribution in [-0.2, 0) is 30.3 Å².